The van der Waals surface area contributed by atoms with Crippen LogP contribution in [0.3, 0.4) is 0 Å². The van der Waals surface area contributed by atoms with E-state index in [4.69, 9.17) is 10.2 Å². The van der Waals surface area contributed by atoms with Gasteiger partial charge >= 0.3 is 5.69 Å². The highest BCUT2D eigenvalue weighted by Gasteiger charge is 2.51. The van der Waals surface area contributed by atoms with E-state index in [0.717, 1.165) is 0 Å². The van der Waals surface area contributed by atoms with Crippen molar-refractivity contribution in [2.24, 2.45) is 0 Å². The molecule has 0 saturated carbocycles. The molecular weight excluding hydrogens is 450 g/mol. The maximum atomic E-state index is 12.3. The molecule has 2 aromatic carbocycles. The zero-order valence-electron chi connectivity index (χ0n) is 19.2. The average molecular weight is 482 g/mol. The van der Waals surface area contributed by atoms with Gasteiger partial charge in [0.05, 0.1) is 17.4 Å². The minimum Gasteiger partial charge on any atom is -0.406 e. The summed E-state index contributed by atoms with van der Waals surface area (Å²) < 4.78 is 8.47. The second-order valence-electron chi connectivity index (χ2n) is 9.45. The van der Waals surface area contributed by atoms with Crippen LogP contribution in [-0.4, -0.2) is 46.7 Å². The second-order valence-corrected chi connectivity index (χ2v) is 15.0. The normalized spacial score (nSPS) is 21.3. The van der Waals surface area contributed by atoms with Gasteiger partial charge in [-0.1, -0.05) is 81.4 Å². The number of aromatic nitrogens is 2. The number of hydrogen-bond acceptors (Lipinski definition) is 6. The molecule has 0 unspecified atom stereocenters. The third-order valence-electron chi connectivity index (χ3n) is 6.35. The van der Waals surface area contributed by atoms with E-state index in [1.807, 2.05) is 12.1 Å². The minimum absolute atomic E-state index is 0.138. The Balaban J connectivity index is 1.65. The highest BCUT2D eigenvalue weighted by atomic mass is 32.2. The predicted molar refractivity (Wildman–Crippen MR) is 138 cm³/mol. The first-order valence-electron chi connectivity index (χ1n) is 11.1. The smallest absolute Gasteiger partial charge is 0.349 e. The molecule has 1 aromatic heterocycles. The first-order chi connectivity index (χ1) is 15.7. The van der Waals surface area contributed by atoms with Crippen molar-refractivity contribution in [3.05, 3.63) is 83.4 Å². The average Bonchev–Trinajstić information content (AvgIpc) is 3.15. The summed E-state index contributed by atoms with van der Waals surface area (Å²) in [5.74, 6) is 0.796. The van der Waals surface area contributed by atoms with E-state index >= 15 is 0 Å². The summed E-state index contributed by atoms with van der Waals surface area (Å²) in [6.07, 6.45) is 0.890. The molecule has 3 atom stereocenters. The van der Waals surface area contributed by atoms with E-state index in [1.165, 1.54) is 14.9 Å². The summed E-state index contributed by atoms with van der Waals surface area (Å²) in [6.45, 7) is 7.10. The van der Waals surface area contributed by atoms with Crippen molar-refractivity contribution in [2.45, 2.75) is 43.2 Å². The predicted octanol–water partition coefficient (Wildman–Crippen LogP) is 2.42. The lowest BCUT2D eigenvalue weighted by atomic mass is 10.1. The lowest BCUT2D eigenvalue weighted by Crippen LogP contribution is -2.67. The molecule has 0 aliphatic carbocycles. The summed E-state index contributed by atoms with van der Waals surface area (Å²) in [5, 5.41) is 13.3. The fraction of sp³-hybridized carbons (Fsp3) is 0.360. The number of nitrogens with two attached hydrogens (primary N) is 1. The van der Waals surface area contributed by atoms with Gasteiger partial charge in [0, 0.05) is 18.6 Å². The van der Waals surface area contributed by atoms with Gasteiger partial charge in [-0.15, -0.1) is 0 Å². The van der Waals surface area contributed by atoms with E-state index < -0.39 is 20.1 Å². The summed E-state index contributed by atoms with van der Waals surface area (Å²) in [5.41, 5.74) is 5.19. The van der Waals surface area contributed by atoms with Crippen molar-refractivity contribution in [1.82, 2.24) is 9.55 Å². The van der Waals surface area contributed by atoms with Crippen LogP contribution in [0.1, 0.15) is 26.8 Å². The maximum Gasteiger partial charge on any atom is 0.349 e. The molecule has 3 N–H and O–H groups in total. The summed E-state index contributed by atoms with van der Waals surface area (Å²) in [6, 6.07) is 22.2. The molecule has 0 amide bonds. The number of benzene rings is 2. The van der Waals surface area contributed by atoms with Crippen LogP contribution in [0.5, 0.6) is 0 Å². The van der Waals surface area contributed by atoms with Gasteiger partial charge in [0.15, 0.2) is 0 Å². The molecule has 33 heavy (non-hydrogen) atoms. The van der Waals surface area contributed by atoms with Crippen LogP contribution < -0.4 is 21.8 Å². The Bertz CT molecular complexity index is 1100. The molecule has 0 bridgehead atoms. The Morgan fingerprint density at radius 3 is 2.18 bits per heavy atom. The molecule has 6 nitrogen and oxygen atoms in total. The molecule has 1 aliphatic rings. The van der Waals surface area contributed by atoms with Gasteiger partial charge < -0.3 is 15.3 Å². The summed E-state index contributed by atoms with van der Waals surface area (Å²) in [4.78, 5) is 16.1. The molecular formula is C25H31N3O3SSi. The van der Waals surface area contributed by atoms with Gasteiger partial charge in [-0.05, 0) is 21.5 Å². The molecule has 2 heterocycles. The quantitative estimate of drug-likeness (QED) is 0.526. The number of nitrogens with zero attached hydrogens (tertiary/aromatic N) is 2. The zero-order valence-corrected chi connectivity index (χ0v) is 21.0. The Morgan fingerprint density at radius 1 is 1.09 bits per heavy atom. The molecule has 3 aromatic rings. The summed E-state index contributed by atoms with van der Waals surface area (Å²) >= 11 is 1.64. The topological polar surface area (TPSA) is 90.4 Å². The first kappa shape index (κ1) is 23.8. The van der Waals surface area contributed by atoms with E-state index in [1.54, 1.807) is 24.0 Å². The monoisotopic (exact) mass is 481 g/mol. The van der Waals surface area contributed by atoms with Crippen LogP contribution in [0.25, 0.3) is 0 Å². The van der Waals surface area contributed by atoms with Gasteiger partial charge in [-0.25, -0.2) is 4.79 Å². The van der Waals surface area contributed by atoms with Crippen LogP contribution in [0, 0.1) is 0 Å². The van der Waals surface area contributed by atoms with Gasteiger partial charge in [0.25, 0.3) is 8.32 Å². The fourth-order valence-corrected chi connectivity index (χ4v) is 10.8. The van der Waals surface area contributed by atoms with Crippen molar-refractivity contribution in [1.29, 1.82) is 0 Å². The van der Waals surface area contributed by atoms with Crippen LogP contribution >= 0.6 is 11.8 Å². The van der Waals surface area contributed by atoms with Crippen molar-refractivity contribution < 1.29 is 9.53 Å². The standard InChI is InChI=1S/C25H31N3O3SSi/c1-25(2,3)33(18-10-6-4-7-11-18,19-12-8-5-9-13-19)31-16-21-23(29)20(17-32-21)28-15-14-22(26)27-24(28)30/h4-15,20-21,23,29H,16-17H2,1-3H3,(H2,26,27,30)/t20-,21-,23+/m1/s1. The van der Waals surface area contributed by atoms with Crippen LogP contribution in [0.15, 0.2) is 77.7 Å². The fourth-order valence-electron chi connectivity index (χ4n) is 4.71. The second kappa shape index (κ2) is 9.46. The minimum atomic E-state index is -2.69. The molecule has 1 fully saturated rings. The van der Waals surface area contributed by atoms with E-state index in [-0.39, 0.29) is 22.1 Å². The van der Waals surface area contributed by atoms with Gasteiger partial charge in [-0.3, -0.25) is 4.57 Å². The molecule has 1 saturated heterocycles. The largest absolute Gasteiger partial charge is 0.406 e. The number of nitrogen functional groups attached to an aromatic ring is 1. The Kier molecular flexibility index (Phi) is 6.81. The number of hydrogen-bond donors (Lipinski definition) is 2. The van der Waals surface area contributed by atoms with E-state index in [2.05, 4.69) is 74.3 Å². The Hall–Kier alpha value is -2.39. The first-order valence-corrected chi connectivity index (χ1v) is 14.1. The zero-order chi connectivity index (χ0) is 23.6. The SMILES string of the molecule is CC(C)(C)[Si](OC[C@H]1SC[C@@H](n2ccc(N)nc2=O)[C@@H]1O)(c1ccccc1)c1ccccc1. The third-order valence-corrected chi connectivity index (χ3v) is 12.7. The lowest BCUT2D eigenvalue weighted by molar-refractivity contribution is 0.108. The number of aliphatic hydroxyl groups excluding tert-OH is 1. The maximum absolute atomic E-state index is 12.3. The van der Waals surface area contributed by atoms with Gasteiger partial charge in [0.2, 0.25) is 0 Å². The number of thioether (sulfide) groups is 1. The van der Waals surface area contributed by atoms with Crippen molar-refractivity contribution >= 4 is 36.3 Å². The third kappa shape index (κ3) is 4.53. The molecule has 4 rings (SSSR count). The van der Waals surface area contributed by atoms with Crippen molar-refractivity contribution in [3.63, 3.8) is 0 Å². The van der Waals surface area contributed by atoms with Crippen LogP contribution in [0.2, 0.25) is 5.04 Å². The van der Waals surface area contributed by atoms with Crippen molar-refractivity contribution in [2.75, 3.05) is 18.1 Å². The van der Waals surface area contributed by atoms with E-state index in [0.29, 0.717) is 12.4 Å². The highest BCUT2D eigenvalue weighted by Crippen LogP contribution is 2.39. The number of anilines is 1. The Labute approximate surface area is 200 Å². The summed E-state index contributed by atoms with van der Waals surface area (Å²) in [7, 11) is -2.69. The lowest BCUT2D eigenvalue weighted by Gasteiger charge is -2.43. The molecule has 174 valence electrons. The number of rotatable bonds is 6. The van der Waals surface area contributed by atoms with Crippen LogP contribution in [0.4, 0.5) is 5.82 Å². The highest BCUT2D eigenvalue weighted by molar-refractivity contribution is 8.00. The molecule has 8 heteroatoms. The molecule has 0 radical (unpaired) electrons. The number of aliphatic hydroxyl groups is 1. The van der Waals surface area contributed by atoms with Gasteiger partial charge in [-0.2, -0.15) is 16.7 Å². The molecule has 1 aliphatic heterocycles. The van der Waals surface area contributed by atoms with Crippen LogP contribution in [-0.2, 0) is 4.43 Å². The van der Waals surface area contributed by atoms with E-state index in [9.17, 15) is 9.90 Å². The Morgan fingerprint density at radius 2 is 1.67 bits per heavy atom. The van der Waals surface area contributed by atoms with Gasteiger partial charge in [0.1, 0.15) is 5.82 Å². The molecule has 0 spiro atoms. The van der Waals surface area contributed by atoms with Crippen molar-refractivity contribution in [3.8, 4) is 0 Å².